The molecule has 0 saturated carbocycles. The van der Waals surface area contributed by atoms with E-state index < -0.39 is 34.3 Å². The van der Waals surface area contributed by atoms with Gasteiger partial charge >= 0.3 is 5.97 Å². The first-order valence-electron chi connectivity index (χ1n) is 32.7. The summed E-state index contributed by atoms with van der Waals surface area (Å²) in [6.45, 7) is 27.3. The number of esters is 1. The van der Waals surface area contributed by atoms with Gasteiger partial charge in [0.15, 0.2) is 17.2 Å². The number of nitrogens with one attached hydrogen (secondary N) is 1. The number of aromatic nitrogens is 8. The maximum absolute atomic E-state index is 12.7. The van der Waals surface area contributed by atoms with Gasteiger partial charge in [-0.05, 0) is 214 Å². The number of thioether (sulfide) groups is 1. The number of ether oxygens (including phenoxy) is 5. The number of pyridine rings is 6. The normalized spacial score (nSPS) is 13.3. The van der Waals surface area contributed by atoms with Gasteiger partial charge in [-0.2, -0.15) is 15.8 Å². The van der Waals surface area contributed by atoms with Gasteiger partial charge in [-0.15, -0.1) is 11.6 Å². The van der Waals surface area contributed by atoms with Crippen molar-refractivity contribution >= 4 is 134 Å². The molecule has 1 amide bonds. The minimum atomic E-state index is -0.847. The monoisotopic (exact) mass is 1760 g/mol. The highest BCUT2D eigenvalue weighted by Crippen LogP contribution is 2.32. The molecule has 2 unspecified atom stereocenters. The summed E-state index contributed by atoms with van der Waals surface area (Å²) in [5, 5.41) is 40.2. The Bertz CT molecular complexity index is 4220. The number of halogens is 5. The molecular weight excluding hydrogens is 1680 g/mol. The molecule has 568 valence electrons. The van der Waals surface area contributed by atoms with Crippen LogP contribution in [0, 0.1) is 45.8 Å². The van der Waals surface area contributed by atoms with Crippen molar-refractivity contribution in [3.63, 3.8) is 0 Å². The number of hydrogen-bond acceptors (Lipinski definition) is 23. The zero-order valence-corrected chi connectivity index (χ0v) is 71.5. The van der Waals surface area contributed by atoms with Crippen LogP contribution in [0.5, 0.6) is 0 Å². The van der Waals surface area contributed by atoms with Crippen molar-refractivity contribution in [1.29, 1.82) is 15.8 Å². The Kier molecular flexibility index (Phi) is 41.3. The number of amides is 1. The van der Waals surface area contributed by atoms with E-state index in [1.54, 1.807) is 139 Å². The molecule has 0 spiro atoms. The van der Waals surface area contributed by atoms with Crippen LogP contribution in [0.4, 0.5) is 0 Å². The first-order chi connectivity index (χ1) is 49.7. The van der Waals surface area contributed by atoms with Gasteiger partial charge in [0, 0.05) is 127 Å². The molecule has 9 rings (SSSR count). The number of carbonyl (C=O) groups is 4. The molecule has 0 aromatic carbocycles. The minimum Gasteiger partial charge on any atom is -0.465 e. The van der Waals surface area contributed by atoms with E-state index in [-0.39, 0.29) is 34.5 Å². The third kappa shape index (κ3) is 31.5. The number of fused-ring (bicyclic) bond motifs is 1. The van der Waals surface area contributed by atoms with E-state index in [4.69, 9.17) is 53.3 Å². The molecule has 23 nitrogen and oxygen atoms in total. The third-order valence-electron chi connectivity index (χ3n) is 15.3. The van der Waals surface area contributed by atoms with Gasteiger partial charge in [-0.3, -0.25) is 58.4 Å². The van der Waals surface area contributed by atoms with Crippen LogP contribution < -0.4 is 10.9 Å². The lowest BCUT2D eigenvalue weighted by Crippen LogP contribution is -2.34. The van der Waals surface area contributed by atoms with Crippen LogP contribution in [0.2, 0.25) is 0 Å². The molecule has 0 fully saturated rings. The molecular formula is C76H91Br4ClN12O11S2. The van der Waals surface area contributed by atoms with Crippen LogP contribution in [-0.4, -0.2) is 126 Å². The predicted octanol–water partition coefficient (Wildman–Crippen LogP) is 16.2. The van der Waals surface area contributed by atoms with E-state index in [1.807, 2.05) is 110 Å². The van der Waals surface area contributed by atoms with Gasteiger partial charge in [0.05, 0.1) is 51.8 Å². The lowest BCUT2D eigenvalue weighted by molar-refractivity contribution is -0.141. The number of aliphatic hydroxyl groups is 1. The molecule has 0 aliphatic carbocycles. The van der Waals surface area contributed by atoms with Gasteiger partial charge in [-0.25, -0.2) is 4.98 Å². The van der Waals surface area contributed by atoms with Crippen molar-refractivity contribution in [2.24, 2.45) is 11.8 Å². The average Bonchev–Trinajstić information content (AvgIpc) is 0.776. The summed E-state index contributed by atoms with van der Waals surface area (Å²) < 4.78 is 30.2. The number of hydrogen-bond donors (Lipinski definition) is 2. The molecule has 7 aromatic heterocycles. The molecule has 0 radical (unpaired) electrons. The second kappa shape index (κ2) is 46.2. The Balaban J connectivity index is 0.000000428. The van der Waals surface area contributed by atoms with E-state index in [1.165, 1.54) is 6.92 Å². The van der Waals surface area contributed by atoms with Gasteiger partial charge in [0.2, 0.25) is 0 Å². The van der Waals surface area contributed by atoms with Gasteiger partial charge < -0.3 is 34.1 Å². The lowest BCUT2D eigenvalue weighted by atomic mass is 9.94. The van der Waals surface area contributed by atoms with E-state index in [0.29, 0.717) is 75.3 Å². The fraction of sp³-hybridized carbons (Fsp3) is 0.421. The minimum absolute atomic E-state index is 0.00694. The smallest absolute Gasteiger partial charge is 0.320 e. The zero-order chi connectivity index (χ0) is 80.3. The van der Waals surface area contributed by atoms with E-state index in [0.717, 1.165) is 65.0 Å². The number of ketones is 1. The van der Waals surface area contributed by atoms with E-state index >= 15 is 0 Å². The first kappa shape index (κ1) is 94.8. The average molecular weight is 1770 g/mol. The molecule has 0 bridgehead atoms. The Morgan fingerprint density at radius 2 is 1.16 bits per heavy atom. The number of alkyl halides is 2. The number of aldehydes is 1. The maximum atomic E-state index is 12.7. The molecule has 0 saturated heterocycles. The number of methoxy groups -OCH3 is 4. The first-order valence-corrected chi connectivity index (χ1v) is 38.1. The van der Waals surface area contributed by atoms with Gasteiger partial charge in [-0.1, -0.05) is 59.8 Å². The van der Waals surface area contributed by atoms with Crippen molar-refractivity contribution in [3.8, 4) is 29.5 Å². The standard InChI is InChI=1S/C18H20N4O2S.C15H15N3O2S.C10H13NO2.C9H12BrNO.C8H10BrNO.C7H6BrNO.C5H7NO2.C4H8BrCl/c1-11-9-22-16(23)13(7-19)15(21-17(22)25-10-11)12-5-6-14(20-8-12)18(2,3)24-4;1-15(2,20-3)12-5-4-9(8-17-12)10-6-13(21)18-14(19)11(10)7-16;1-10(2,13-3)9-5-4-8(7-12)6-11-9;1-9(2,12-3)8-5-4-7(10)6-11-8;1-8(2,11)7-4-3-6(9)5-10-7;1-5(10)7-3-2-6(8)4-9-7;1-2-8-5(7)3-4-6;1-4(2-5)3-6/h5-6,8,11H,9-10H2,1-4H3;4-5,8H,6H2,1-3H3,(H,18,19,21);4-7H,1-3H3;4-6H,1-3H3;3-5,11H,1-2H3;2-4H,1H3;2-3H2,1H3;4H,2-3H2,1H3. The SMILES string of the molecule is CC(=O)c1ccc(Br)cn1.CC(C)(O)c1ccc(Br)cn1.CC(CCl)CBr.CCOC(=O)CC#N.COC(C)(C)c1ccc(-c2nc3n(c(=O)c2C#N)CC(C)CS3)cn1.COC(C)(C)c1ccc(Br)cn1.COC(C)(C)c1ccc(C2=C(C#N)C(=O)NC(=S)C2)cn1.COC(C)(C)c1ccc(C=O)cn1. The Morgan fingerprint density at radius 1 is 0.708 bits per heavy atom. The number of nitrogens with zero attached hydrogens (tertiary/aromatic N) is 11. The number of rotatable bonds is 17. The molecule has 9 heterocycles. The second-order valence-corrected chi connectivity index (χ2v) is 30.8. The summed E-state index contributed by atoms with van der Waals surface area (Å²) in [4.78, 5) is 85.9. The van der Waals surface area contributed by atoms with Crippen molar-refractivity contribution in [3.05, 3.63) is 190 Å². The summed E-state index contributed by atoms with van der Waals surface area (Å²) >= 11 is 25.1. The second-order valence-electron chi connectivity index (χ2n) is 25.7. The number of carbonyl (C=O) groups excluding carboxylic acids is 4. The number of Topliss-reactive ketones (excluding diaryl/α,β-unsaturated/α-hetero) is 1. The van der Waals surface area contributed by atoms with Crippen LogP contribution in [-0.2, 0) is 67.8 Å². The van der Waals surface area contributed by atoms with Crippen LogP contribution in [0.15, 0.2) is 139 Å². The van der Waals surface area contributed by atoms with Crippen molar-refractivity contribution in [1.82, 2.24) is 44.8 Å². The molecule has 2 N–H and O–H groups in total. The highest BCUT2D eigenvalue weighted by Gasteiger charge is 2.29. The molecule has 30 heteroatoms. The fourth-order valence-corrected chi connectivity index (χ4v) is 10.7. The molecule has 106 heavy (non-hydrogen) atoms. The summed E-state index contributed by atoms with van der Waals surface area (Å²) in [5.74, 6) is 1.76. The Hall–Kier alpha value is -7.28. The summed E-state index contributed by atoms with van der Waals surface area (Å²) in [7, 11) is 6.57. The molecule has 2 atom stereocenters. The Labute approximate surface area is 670 Å². The van der Waals surface area contributed by atoms with Crippen LogP contribution in [0.1, 0.15) is 170 Å². The lowest BCUT2D eigenvalue weighted by Gasteiger charge is -2.23. The van der Waals surface area contributed by atoms with Crippen LogP contribution in [0.25, 0.3) is 16.8 Å². The topological polar surface area (TPSA) is 330 Å². The summed E-state index contributed by atoms with van der Waals surface area (Å²) in [6, 6.07) is 27.6. The Morgan fingerprint density at radius 3 is 1.51 bits per heavy atom. The number of nitriles is 3. The van der Waals surface area contributed by atoms with Crippen molar-refractivity contribution in [2.45, 2.75) is 149 Å². The molecule has 2 aliphatic heterocycles. The highest BCUT2D eigenvalue weighted by molar-refractivity contribution is 9.11. The highest BCUT2D eigenvalue weighted by atomic mass is 79.9. The zero-order valence-electron chi connectivity index (χ0n) is 62.7. The quantitative estimate of drug-likeness (QED) is 0.0214. The third-order valence-corrected chi connectivity index (χ3v) is 19.9. The summed E-state index contributed by atoms with van der Waals surface area (Å²) in [6.07, 6.45) is 10.9. The van der Waals surface area contributed by atoms with Crippen LogP contribution >= 0.6 is 99.3 Å². The van der Waals surface area contributed by atoms with E-state index in [9.17, 15) is 34.3 Å². The van der Waals surface area contributed by atoms with Crippen molar-refractivity contribution < 1.29 is 48.0 Å². The summed E-state index contributed by atoms with van der Waals surface area (Å²) in [5.41, 5.74) is 4.78. The van der Waals surface area contributed by atoms with E-state index in [2.05, 4.69) is 123 Å². The van der Waals surface area contributed by atoms with Gasteiger partial charge in [0.1, 0.15) is 63.4 Å². The predicted molar refractivity (Wildman–Crippen MR) is 430 cm³/mol. The number of thiocarbonyl (C=S) groups is 1. The molecule has 7 aromatic rings. The van der Waals surface area contributed by atoms with Crippen LogP contribution in [0.3, 0.4) is 0 Å². The molecule has 2 aliphatic rings. The van der Waals surface area contributed by atoms with Crippen molar-refractivity contribution in [2.75, 3.05) is 52.0 Å². The fourth-order valence-electron chi connectivity index (χ4n) is 8.12. The maximum Gasteiger partial charge on any atom is 0.320 e. The van der Waals surface area contributed by atoms with Gasteiger partial charge in [0.25, 0.3) is 11.5 Å². The largest absolute Gasteiger partial charge is 0.465 e.